The van der Waals surface area contributed by atoms with Crippen LogP contribution in [-0.2, 0) is 11.2 Å². The van der Waals surface area contributed by atoms with Crippen LogP contribution in [0.4, 0.5) is 10.5 Å². The van der Waals surface area contributed by atoms with E-state index in [2.05, 4.69) is 16.0 Å². The average Bonchev–Trinajstić information content (AvgIpc) is 2.50. The number of nitrogens with one attached hydrogen (secondary N) is 3. The first-order valence-electron chi connectivity index (χ1n) is 7.12. The molecule has 0 aliphatic carbocycles. The van der Waals surface area contributed by atoms with E-state index >= 15 is 0 Å². The van der Waals surface area contributed by atoms with Gasteiger partial charge in [-0.2, -0.15) is 0 Å². The number of hydrogen-bond donors (Lipinski definition) is 3. The van der Waals surface area contributed by atoms with E-state index < -0.39 is 0 Å². The smallest absolute Gasteiger partial charge is 0.316 e. The molecule has 0 saturated heterocycles. The first kappa shape index (κ1) is 15.2. The number of carbonyl (C=O) groups is 2. The van der Waals surface area contributed by atoms with Crippen molar-refractivity contribution in [3.63, 3.8) is 0 Å². The van der Waals surface area contributed by atoms with Gasteiger partial charge in [-0.1, -0.05) is 18.2 Å². The summed E-state index contributed by atoms with van der Waals surface area (Å²) in [5, 5.41) is 8.86. The molecule has 3 N–H and O–H groups in total. The first-order valence-corrected chi connectivity index (χ1v) is 7.12. The lowest BCUT2D eigenvalue weighted by Gasteiger charge is -2.25. The zero-order valence-corrected chi connectivity index (χ0v) is 12.5. The predicted octanol–water partition coefficient (Wildman–Crippen LogP) is 0.658. The fraction of sp³-hybridized carbons (Fsp3) is 0.467. The lowest BCUT2D eigenvalue weighted by Crippen LogP contribution is -2.43. The highest BCUT2D eigenvalue weighted by atomic mass is 16.2. The topological polar surface area (TPSA) is 73.5 Å². The number of anilines is 1. The molecule has 1 aliphatic rings. The quantitative estimate of drug-likeness (QED) is 0.713. The summed E-state index contributed by atoms with van der Waals surface area (Å²) < 4.78 is 0. The van der Waals surface area contributed by atoms with Crippen LogP contribution in [0.25, 0.3) is 0 Å². The molecule has 114 valence electrons. The predicted molar refractivity (Wildman–Crippen MR) is 82.2 cm³/mol. The Morgan fingerprint density at radius 1 is 1.24 bits per heavy atom. The van der Waals surface area contributed by atoms with E-state index in [0.29, 0.717) is 19.6 Å². The number of nitrogens with zero attached hydrogens (tertiary/aromatic N) is 1. The maximum atomic E-state index is 12.1. The molecule has 2 rings (SSSR count). The second kappa shape index (κ2) is 6.97. The van der Waals surface area contributed by atoms with Crippen molar-refractivity contribution in [3.05, 3.63) is 29.8 Å². The number of fused-ring (bicyclic) bond motifs is 1. The zero-order valence-electron chi connectivity index (χ0n) is 12.5. The summed E-state index contributed by atoms with van der Waals surface area (Å²) in [6.07, 6.45) is 0.749. The van der Waals surface area contributed by atoms with Gasteiger partial charge in [-0.3, -0.25) is 4.79 Å². The highest BCUT2D eigenvalue weighted by Gasteiger charge is 2.23. The number of benzene rings is 1. The third-order valence-corrected chi connectivity index (χ3v) is 3.50. The van der Waals surface area contributed by atoms with Gasteiger partial charge in [-0.25, -0.2) is 4.79 Å². The molecule has 0 saturated carbocycles. The van der Waals surface area contributed by atoms with Crippen molar-refractivity contribution in [1.29, 1.82) is 0 Å². The van der Waals surface area contributed by atoms with Crippen LogP contribution in [0, 0.1) is 5.92 Å². The third-order valence-electron chi connectivity index (χ3n) is 3.50. The van der Waals surface area contributed by atoms with Gasteiger partial charge in [0.15, 0.2) is 0 Å². The summed E-state index contributed by atoms with van der Waals surface area (Å²) in [4.78, 5) is 24.9. The Bertz CT molecular complexity index is 516. The molecule has 0 aromatic heterocycles. The Kier molecular flexibility index (Phi) is 5.03. The minimum absolute atomic E-state index is 0.0242. The molecular formula is C15H22N4O2. The van der Waals surface area contributed by atoms with Crippen molar-refractivity contribution in [3.8, 4) is 0 Å². The molecule has 6 nitrogen and oxygen atoms in total. The van der Waals surface area contributed by atoms with Gasteiger partial charge in [-0.15, -0.1) is 0 Å². The maximum absolute atomic E-state index is 12.1. The standard InChI is InChI=1S/C15H22N4O2/c1-19(2)15(21)17-8-7-16-14(20)12-9-11-5-3-4-6-13(11)18-10-12/h3-6,12,18H,7-10H2,1-2H3,(H,16,20)(H,17,21). The van der Waals surface area contributed by atoms with Crippen LogP contribution in [0.3, 0.4) is 0 Å². The van der Waals surface area contributed by atoms with Crippen molar-refractivity contribution in [2.24, 2.45) is 5.92 Å². The minimum Gasteiger partial charge on any atom is -0.384 e. The Morgan fingerprint density at radius 2 is 1.95 bits per heavy atom. The Balaban J connectivity index is 1.74. The Morgan fingerprint density at radius 3 is 2.71 bits per heavy atom. The summed E-state index contributed by atoms with van der Waals surface area (Å²) in [6, 6.07) is 7.88. The van der Waals surface area contributed by atoms with Crippen molar-refractivity contribution in [2.45, 2.75) is 6.42 Å². The van der Waals surface area contributed by atoms with E-state index in [9.17, 15) is 9.59 Å². The highest BCUT2D eigenvalue weighted by Crippen LogP contribution is 2.24. The molecule has 1 unspecified atom stereocenters. The minimum atomic E-state index is -0.155. The van der Waals surface area contributed by atoms with Gasteiger partial charge in [0.1, 0.15) is 0 Å². The van der Waals surface area contributed by atoms with Gasteiger partial charge >= 0.3 is 6.03 Å². The second-order valence-corrected chi connectivity index (χ2v) is 5.36. The fourth-order valence-electron chi connectivity index (χ4n) is 2.28. The summed E-state index contributed by atoms with van der Waals surface area (Å²) >= 11 is 0. The van der Waals surface area contributed by atoms with Crippen molar-refractivity contribution >= 4 is 17.6 Å². The number of amides is 3. The SMILES string of the molecule is CN(C)C(=O)NCCNC(=O)C1CNc2ccccc2C1. The molecule has 0 fully saturated rings. The number of carbonyl (C=O) groups excluding carboxylic acids is 2. The van der Waals surface area contributed by atoms with Crippen LogP contribution in [0.5, 0.6) is 0 Å². The van der Waals surface area contributed by atoms with Gasteiger partial charge in [0.25, 0.3) is 0 Å². The molecule has 1 atom stereocenters. The molecule has 1 heterocycles. The van der Waals surface area contributed by atoms with E-state index in [-0.39, 0.29) is 17.9 Å². The molecule has 0 radical (unpaired) electrons. The third kappa shape index (κ3) is 4.11. The second-order valence-electron chi connectivity index (χ2n) is 5.36. The van der Waals surface area contributed by atoms with Gasteiger partial charge in [0.05, 0.1) is 5.92 Å². The summed E-state index contributed by atoms with van der Waals surface area (Å²) in [6.45, 7) is 1.52. The van der Waals surface area contributed by atoms with Crippen LogP contribution >= 0.6 is 0 Å². The Labute approximate surface area is 124 Å². The van der Waals surface area contributed by atoms with Gasteiger partial charge < -0.3 is 20.9 Å². The number of urea groups is 1. The normalized spacial score (nSPS) is 16.4. The van der Waals surface area contributed by atoms with Crippen molar-refractivity contribution in [1.82, 2.24) is 15.5 Å². The summed E-state index contributed by atoms with van der Waals surface area (Å²) in [5.74, 6) is -0.0412. The lowest BCUT2D eigenvalue weighted by molar-refractivity contribution is -0.124. The number of para-hydroxylation sites is 1. The van der Waals surface area contributed by atoms with Gasteiger partial charge in [0.2, 0.25) is 5.91 Å². The zero-order chi connectivity index (χ0) is 15.2. The van der Waals surface area contributed by atoms with Crippen molar-refractivity contribution in [2.75, 3.05) is 39.0 Å². The van der Waals surface area contributed by atoms with Gasteiger partial charge in [0, 0.05) is 39.4 Å². The van der Waals surface area contributed by atoms with E-state index in [1.54, 1.807) is 14.1 Å². The molecule has 21 heavy (non-hydrogen) atoms. The molecule has 1 aromatic rings. The molecule has 0 spiro atoms. The summed E-state index contributed by atoms with van der Waals surface area (Å²) in [7, 11) is 3.36. The lowest BCUT2D eigenvalue weighted by atomic mass is 9.93. The largest absolute Gasteiger partial charge is 0.384 e. The van der Waals surface area contributed by atoms with Gasteiger partial charge in [-0.05, 0) is 18.1 Å². The highest BCUT2D eigenvalue weighted by molar-refractivity contribution is 5.81. The molecule has 6 heteroatoms. The Hall–Kier alpha value is -2.24. The number of rotatable bonds is 4. The molecular weight excluding hydrogens is 268 g/mol. The van der Waals surface area contributed by atoms with E-state index in [4.69, 9.17) is 0 Å². The molecule has 1 aromatic carbocycles. The fourth-order valence-corrected chi connectivity index (χ4v) is 2.28. The van der Waals surface area contributed by atoms with E-state index in [1.807, 2.05) is 24.3 Å². The monoisotopic (exact) mass is 290 g/mol. The van der Waals surface area contributed by atoms with E-state index in [1.165, 1.54) is 10.5 Å². The van der Waals surface area contributed by atoms with Crippen molar-refractivity contribution < 1.29 is 9.59 Å². The average molecular weight is 290 g/mol. The molecule has 0 bridgehead atoms. The summed E-state index contributed by atoms with van der Waals surface area (Å²) in [5.41, 5.74) is 2.28. The number of hydrogen-bond acceptors (Lipinski definition) is 3. The first-order chi connectivity index (χ1) is 10.1. The van der Waals surface area contributed by atoms with Crippen LogP contribution in [0.1, 0.15) is 5.56 Å². The molecule has 3 amide bonds. The van der Waals surface area contributed by atoms with Crippen LogP contribution < -0.4 is 16.0 Å². The van der Waals surface area contributed by atoms with Crippen LogP contribution in [0.2, 0.25) is 0 Å². The maximum Gasteiger partial charge on any atom is 0.316 e. The van der Waals surface area contributed by atoms with Crippen LogP contribution in [-0.4, -0.2) is 50.6 Å². The van der Waals surface area contributed by atoms with E-state index in [0.717, 1.165) is 12.1 Å². The molecule has 1 aliphatic heterocycles. The van der Waals surface area contributed by atoms with Crippen LogP contribution in [0.15, 0.2) is 24.3 Å².